The van der Waals surface area contributed by atoms with E-state index in [9.17, 15) is 8.42 Å². The van der Waals surface area contributed by atoms with Crippen LogP contribution in [0.15, 0.2) is 59.5 Å². The van der Waals surface area contributed by atoms with E-state index in [2.05, 4.69) is 22.2 Å². The van der Waals surface area contributed by atoms with E-state index in [1.54, 1.807) is 24.3 Å². The molecule has 0 aliphatic carbocycles. The fourth-order valence-corrected chi connectivity index (χ4v) is 3.30. The molecule has 0 heterocycles. The van der Waals surface area contributed by atoms with E-state index in [-0.39, 0.29) is 24.0 Å². The monoisotopic (exact) mass is 487 g/mol. The summed E-state index contributed by atoms with van der Waals surface area (Å²) in [6.45, 7) is 5.58. The number of rotatable bonds is 7. The molecule has 26 heavy (non-hydrogen) atoms. The second-order valence-electron chi connectivity index (χ2n) is 6.06. The average molecular weight is 487 g/mol. The second-order valence-corrected chi connectivity index (χ2v) is 7.82. The molecule has 0 aromatic heterocycles. The van der Waals surface area contributed by atoms with Gasteiger partial charge in [0.25, 0.3) is 0 Å². The first kappa shape index (κ1) is 22.6. The van der Waals surface area contributed by atoms with Crippen molar-refractivity contribution < 1.29 is 37.0 Å². The van der Waals surface area contributed by atoms with Crippen LogP contribution in [0.5, 0.6) is 0 Å². The molecule has 2 rings (SSSR count). The van der Waals surface area contributed by atoms with Crippen molar-refractivity contribution >= 4 is 15.9 Å². The lowest BCUT2D eigenvalue weighted by atomic mass is 10.2. The number of hydrogen-bond acceptors (Lipinski definition) is 2. The number of benzene rings is 2. The molecule has 0 aliphatic rings. The van der Waals surface area contributed by atoms with Gasteiger partial charge >= 0.3 is 0 Å². The third-order valence-corrected chi connectivity index (χ3v) is 5.51. The Morgan fingerprint density at radius 1 is 1.04 bits per heavy atom. The molecule has 0 spiro atoms. The lowest BCUT2D eigenvalue weighted by Crippen LogP contribution is -3.00. The van der Waals surface area contributed by atoms with Crippen molar-refractivity contribution in [2.24, 2.45) is 0 Å². The Labute approximate surface area is 173 Å². The van der Waals surface area contributed by atoms with Gasteiger partial charge in [0, 0.05) is 13.5 Å². The summed E-state index contributed by atoms with van der Waals surface area (Å²) in [7, 11) is -1.52. The fourth-order valence-electron chi connectivity index (χ4n) is 2.28. The van der Waals surface area contributed by atoms with Crippen LogP contribution in [0.2, 0.25) is 0 Å². The topological polar surface area (TPSA) is 61.2 Å². The molecule has 0 saturated heterocycles. The Bertz CT molecular complexity index is 820. The number of nitrogens with zero attached hydrogens (tertiary/aromatic N) is 1. The van der Waals surface area contributed by atoms with Crippen molar-refractivity contribution in [1.82, 2.24) is 10.0 Å². The van der Waals surface area contributed by atoms with Crippen LogP contribution in [0.1, 0.15) is 18.1 Å². The minimum atomic E-state index is -3.46. The predicted octanol–water partition coefficient (Wildman–Crippen LogP) is -0.872. The van der Waals surface area contributed by atoms with Crippen molar-refractivity contribution in [3.8, 4) is 0 Å². The lowest BCUT2D eigenvalue weighted by molar-refractivity contribution is -0.497. The number of hydrogen-bond donors (Lipinski definition) is 2. The molecule has 0 amide bonds. The van der Waals surface area contributed by atoms with Gasteiger partial charge in [-0.15, -0.1) is 0 Å². The van der Waals surface area contributed by atoms with E-state index in [1.165, 1.54) is 5.56 Å². The molecule has 2 aromatic rings. The summed E-state index contributed by atoms with van der Waals surface area (Å²) >= 11 is 0. The zero-order valence-corrected chi connectivity index (χ0v) is 18.3. The van der Waals surface area contributed by atoms with E-state index in [0.29, 0.717) is 18.0 Å². The van der Waals surface area contributed by atoms with Crippen molar-refractivity contribution in [3.05, 3.63) is 65.7 Å². The van der Waals surface area contributed by atoms with Crippen LogP contribution in [0.25, 0.3) is 0 Å². The Hall–Kier alpha value is -1.45. The van der Waals surface area contributed by atoms with Gasteiger partial charge in [0.1, 0.15) is 6.54 Å². The molecule has 0 radical (unpaired) electrons. The first-order chi connectivity index (χ1) is 11.9. The number of likely N-dealkylation sites (N-methyl/N-ethyl adjacent to an activating group) is 1. The van der Waals surface area contributed by atoms with Crippen LogP contribution < -0.4 is 34.0 Å². The van der Waals surface area contributed by atoms with E-state index in [1.807, 2.05) is 43.7 Å². The van der Waals surface area contributed by atoms with E-state index in [0.717, 1.165) is 17.9 Å². The van der Waals surface area contributed by atoms with Gasteiger partial charge in [-0.1, -0.05) is 48.0 Å². The van der Waals surface area contributed by atoms with Gasteiger partial charge in [-0.2, -0.15) is 0 Å². The molecule has 0 fully saturated rings. The molecule has 0 unspecified atom stereocenters. The van der Waals surface area contributed by atoms with Crippen LogP contribution in [-0.4, -0.2) is 39.0 Å². The summed E-state index contributed by atoms with van der Waals surface area (Å²) in [4.78, 5) is 0.295. The van der Waals surface area contributed by atoms with E-state index >= 15 is 0 Å². The van der Waals surface area contributed by atoms with Gasteiger partial charge in [-0.05, 0) is 24.6 Å². The minimum absolute atomic E-state index is 0. The maximum absolute atomic E-state index is 12.3. The van der Waals surface area contributed by atoms with E-state index < -0.39 is 10.0 Å². The Morgan fingerprint density at radius 2 is 1.65 bits per heavy atom. The first-order valence-corrected chi connectivity index (χ1v) is 9.75. The maximum Gasteiger partial charge on any atom is 0.241 e. The SMILES string of the molecule is CC(NCc1ccccc1)=[N+](C)CCNS(=O)(=O)c1ccc(C)cc1.[I-]. The summed E-state index contributed by atoms with van der Waals surface area (Å²) in [5.74, 6) is 0.999. The number of nitrogens with one attached hydrogen (secondary N) is 2. The van der Waals surface area contributed by atoms with Crippen molar-refractivity contribution in [2.75, 3.05) is 20.1 Å². The molecule has 0 bridgehead atoms. The van der Waals surface area contributed by atoms with E-state index in [4.69, 9.17) is 0 Å². The van der Waals surface area contributed by atoms with Gasteiger partial charge in [0.2, 0.25) is 15.9 Å². The number of halogens is 1. The Balaban J connectivity index is 0.00000338. The zero-order chi connectivity index (χ0) is 18.3. The van der Waals surface area contributed by atoms with Crippen LogP contribution >= 0.6 is 0 Å². The van der Waals surface area contributed by atoms with Gasteiger partial charge < -0.3 is 24.0 Å². The highest BCUT2D eigenvalue weighted by Gasteiger charge is 2.13. The highest BCUT2D eigenvalue weighted by atomic mass is 127. The number of aryl methyl sites for hydroxylation is 1. The van der Waals surface area contributed by atoms with Crippen molar-refractivity contribution in [2.45, 2.75) is 25.3 Å². The normalized spacial score (nSPS) is 12.1. The standard InChI is InChI=1S/C19H25N3O2S.HI/c1-16-9-11-19(12-10-16)25(23,24)21-13-14-22(3)17(2)20-15-18-7-5-4-6-8-18;/h4-12,21H,13-15H2,1-3H3;1H. The average Bonchev–Trinajstić information content (AvgIpc) is 2.60. The van der Waals surface area contributed by atoms with Gasteiger partial charge in [0.15, 0.2) is 0 Å². The molecule has 0 aliphatic heterocycles. The molecule has 0 saturated carbocycles. The quantitative estimate of drug-likeness (QED) is 0.231. The highest BCUT2D eigenvalue weighted by Crippen LogP contribution is 2.09. The van der Waals surface area contributed by atoms with Crippen molar-refractivity contribution in [1.29, 1.82) is 0 Å². The maximum atomic E-state index is 12.3. The van der Waals surface area contributed by atoms with Crippen LogP contribution in [0.3, 0.4) is 0 Å². The zero-order valence-electron chi connectivity index (χ0n) is 15.4. The van der Waals surface area contributed by atoms with Crippen molar-refractivity contribution in [3.63, 3.8) is 0 Å². The second kappa shape index (κ2) is 10.6. The van der Waals surface area contributed by atoms with Gasteiger partial charge in [-0.25, -0.2) is 13.1 Å². The summed E-state index contributed by atoms with van der Waals surface area (Å²) in [5, 5.41) is 3.35. The molecule has 2 aromatic carbocycles. The molecule has 2 N–H and O–H groups in total. The lowest BCUT2D eigenvalue weighted by Gasteiger charge is -2.09. The molecular formula is C19H26IN3O2S. The summed E-state index contributed by atoms with van der Waals surface area (Å²) in [6, 6.07) is 17.0. The molecular weight excluding hydrogens is 461 g/mol. The molecule has 5 nitrogen and oxygen atoms in total. The van der Waals surface area contributed by atoms with Crippen LogP contribution in [0.4, 0.5) is 0 Å². The number of amidine groups is 1. The highest BCUT2D eigenvalue weighted by molar-refractivity contribution is 7.89. The molecule has 142 valence electrons. The third-order valence-electron chi connectivity index (χ3n) is 4.03. The predicted molar refractivity (Wildman–Crippen MR) is 101 cm³/mol. The number of sulfonamides is 1. The Kier molecular flexibility index (Phi) is 9.24. The molecule has 0 atom stereocenters. The largest absolute Gasteiger partial charge is 1.00 e. The van der Waals surface area contributed by atoms with Crippen LogP contribution in [-0.2, 0) is 16.6 Å². The molecule has 7 heteroatoms. The minimum Gasteiger partial charge on any atom is -1.00 e. The summed E-state index contributed by atoms with van der Waals surface area (Å²) in [6.07, 6.45) is 0. The summed E-state index contributed by atoms with van der Waals surface area (Å²) in [5.41, 5.74) is 2.24. The summed E-state index contributed by atoms with van der Waals surface area (Å²) < 4.78 is 29.2. The fraction of sp³-hybridized carbons (Fsp3) is 0.316. The van der Waals surface area contributed by atoms with Gasteiger partial charge in [-0.3, -0.25) is 9.89 Å². The van der Waals surface area contributed by atoms with Gasteiger partial charge in [0.05, 0.1) is 18.5 Å². The van der Waals surface area contributed by atoms with Crippen LogP contribution in [0, 0.1) is 6.92 Å². The smallest absolute Gasteiger partial charge is 0.241 e. The third kappa shape index (κ3) is 7.05. The first-order valence-electron chi connectivity index (χ1n) is 8.27. The Morgan fingerprint density at radius 3 is 2.27 bits per heavy atom.